The van der Waals surface area contributed by atoms with E-state index < -0.39 is 0 Å². The number of nitrogens with zero attached hydrogens (tertiary/aromatic N) is 1. The lowest BCUT2D eigenvalue weighted by Gasteiger charge is -2.05. The van der Waals surface area contributed by atoms with Crippen LogP contribution >= 0.6 is 22.9 Å². The Balaban J connectivity index is 1.63. The van der Waals surface area contributed by atoms with E-state index in [1.807, 2.05) is 25.1 Å². The molecule has 0 spiro atoms. The van der Waals surface area contributed by atoms with E-state index in [1.54, 1.807) is 24.3 Å². The summed E-state index contributed by atoms with van der Waals surface area (Å²) in [5, 5.41) is 3.96. The second-order valence-electron chi connectivity index (χ2n) is 4.73. The van der Waals surface area contributed by atoms with E-state index >= 15 is 0 Å². The van der Waals surface area contributed by atoms with Crippen molar-refractivity contribution in [1.29, 1.82) is 0 Å². The molecule has 4 nitrogen and oxygen atoms in total. The van der Waals surface area contributed by atoms with E-state index in [0.29, 0.717) is 15.9 Å². The first-order valence-corrected chi connectivity index (χ1v) is 7.85. The van der Waals surface area contributed by atoms with Gasteiger partial charge in [0.15, 0.2) is 11.7 Å². The number of nitrogens with one attached hydrogen (secondary N) is 1. The van der Waals surface area contributed by atoms with Crippen LogP contribution in [-0.4, -0.2) is 17.5 Å². The summed E-state index contributed by atoms with van der Waals surface area (Å²) in [6.07, 6.45) is 0. The van der Waals surface area contributed by atoms with Gasteiger partial charge >= 0.3 is 0 Å². The molecule has 0 radical (unpaired) electrons. The highest BCUT2D eigenvalue weighted by atomic mass is 35.5. The maximum Gasteiger partial charge on any atom is 0.264 e. The summed E-state index contributed by atoms with van der Waals surface area (Å²) in [5.74, 6) is 0.353. The van der Waals surface area contributed by atoms with Gasteiger partial charge in [0.1, 0.15) is 5.75 Å². The molecule has 1 N–H and O–H groups in total. The third kappa shape index (κ3) is 3.37. The van der Waals surface area contributed by atoms with Crippen molar-refractivity contribution < 1.29 is 9.53 Å². The minimum Gasteiger partial charge on any atom is -0.484 e. The van der Waals surface area contributed by atoms with E-state index in [2.05, 4.69) is 10.3 Å². The standard InChI is InChI=1S/C16H13ClN2O2S/c1-10-3-2-4-13-15(10)19-16(22-13)18-14(20)9-21-12-7-5-11(17)6-8-12/h2-8H,9H2,1H3,(H,18,19,20). The number of thiazole rings is 1. The highest BCUT2D eigenvalue weighted by molar-refractivity contribution is 7.22. The average Bonchev–Trinajstić information content (AvgIpc) is 2.90. The SMILES string of the molecule is Cc1cccc2sc(NC(=O)COc3ccc(Cl)cc3)nc12. The predicted molar refractivity (Wildman–Crippen MR) is 89.9 cm³/mol. The third-order valence-corrected chi connectivity index (χ3v) is 4.24. The normalized spacial score (nSPS) is 10.6. The number of ether oxygens (including phenoxy) is 1. The van der Waals surface area contributed by atoms with E-state index in [0.717, 1.165) is 15.8 Å². The van der Waals surface area contributed by atoms with Crippen LogP contribution in [0.5, 0.6) is 5.75 Å². The molecule has 1 heterocycles. The lowest BCUT2D eigenvalue weighted by molar-refractivity contribution is -0.118. The molecule has 1 aromatic heterocycles. The van der Waals surface area contributed by atoms with Gasteiger partial charge in [0, 0.05) is 5.02 Å². The van der Waals surface area contributed by atoms with Gasteiger partial charge < -0.3 is 4.74 Å². The molecule has 2 aromatic carbocycles. The number of hydrogen-bond donors (Lipinski definition) is 1. The molecule has 0 aliphatic rings. The molecular weight excluding hydrogens is 320 g/mol. The Morgan fingerprint density at radius 2 is 2.05 bits per heavy atom. The third-order valence-electron chi connectivity index (χ3n) is 3.05. The van der Waals surface area contributed by atoms with Gasteiger partial charge in [-0.2, -0.15) is 0 Å². The van der Waals surface area contributed by atoms with Crippen LogP contribution in [0.15, 0.2) is 42.5 Å². The topological polar surface area (TPSA) is 51.2 Å². The zero-order valence-corrected chi connectivity index (χ0v) is 13.4. The Morgan fingerprint density at radius 3 is 2.77 bits per heavy atom. The highest BCUT2D eigenvalue weighted by Gasteiger charge is 2.09. The van der Waals surface area contributed by atoms with Gasteiger partial charge in [-0.25, -0.2) is 4.98 Å². The molecule has 0 saturated heterocycles. The number of benzene rings is 2. The number of aromatic nitrogens is 1. The summed E-state index contributed by atoms with van der Waals surface area (Å²) in [7, 11) is 0. The van der Waals surface area contributed by atoms with Gasteiger partial charge in [0.2, 0.25) is 0 Å². The fourth-order valence-electron chi connectivity index (χ4n) is 1.97. The molecule has 0 saturated carbocycles. The molecule has 3 aromatic rings. The quantitative estimate of drug-likeness (QED) is 0.776. The highest BCUT2D eigenvalue weighted by Crippen LogP contribution is 2.27. The Morgan fingerprint density at radius 1 is 1.27 bits per heavy atom. The molecule has 0 atom stereocenters. The molecular formula is C16H13ClN2O2S. The van der Waals surface area contributed by atoms with Gasteiger partial charge in [-0.1, -0.05) is 35.1 Å². The summed E-state index contributed by atoms with van der Waals surface area (Å²) in [6.45, 7) is 1.92. The first-order chi connectivity index (χ1) is 10.6. The Kier molecular flexibility index (Phi) is 4.27. The van der Waals surface area contributed by atoms with Crippen molar-refractivity contribution in [3.63, 3.8) is 0 Å². The minimum absolute atomic E-state index is 0.0729. The van der Waals surface area contributed by atoms with Crippen LogP contribution in [0.3, 0.4) is 0 Å². The first kappa shape index (κ1) is 14.8. The van der Waals surface area contributed by atoms with Crippen LogP contribution in [-0.2, 0) is 4.79 Å². The van der Waals surface area contributed by atoms with E-state index in [9.17, 15) is 4.79 Å². The lowest BCUT2D eigenvalue weighted by Crippen LogP contribution is -2.19. The molecule has 6 heteroatoms. The number of rotatable bonds is 4. The minimum atomic E-state index is -0.244. The molecule has 0 aliphatic heterocycles. The molecule has 3 rings (SSSR count). The van der Waals surface area contributed by atoms with Crippen molar-refractivity contribution in [1.82, 2.24) is 4.98 Å². The van der Waals surface area contributed by atoms with Crippen LogP contribution in [0.1, 0.15) is 5.56 Å². The number of hydrogen-bond acceptors (Lipinski definition) is 4. The van der Waals surface area contributed by atoms with Crippen LogP contribution in [0.2, 0.25) is 5.02 Å². The lowest BCUT2D eigenvalue weighted by atomic mass is 10.2. The molecule has 112 valence electrons. The Labute approximate surface area is 136 Å². The van der Waals surface area contributed by atoms with Gasteiger partial charge in [0.05, 0.1) is 10.2 Å². The predicted octanol–water partition coefficient (Wildman–Crippen LogP) is 4.28. The van der Waals surface area contributed by atoms with E-state index in [-0.39, 0.29) is 12.5 Å². The number of anilines is 1. The zero-order valence-electron chi connectivity index (χ0n) is 11.8. The van der Waals surface area contributed by atoms with Crippen molar-refractivity contribution in [2.24, 2.45) is 0 Å². The van der Waals surface area contributed by atoms with Crippen LogP contribution in [0.4, 0.5) is 5.13 Å². The number of carbonyl (C=O) groups is 1. The van der Waals surface area contributed by atoms with Crippen molar-refractivity contribution in [2.45, 2.75) is 6.92 Å². The maximum absolute atomic E-state index is 11.9. The smallest absolute Gasteiger partial charge is 0.264 e. The fraction of sp³-hybridized carbons (Fsp3) is 0.125. The molecule has 0 unspecified atom stereocenters. The Bertz CT molecular complexity index is 815. The number of aryl methyl sites for hydroxylation is 1. The zero-order chi connectivity index (χ0) is 15.5. The van der Waals surface area contributed by atoms with Crippen LogP contribution in [0, 0.1) is 6.92 Å². The summed E-state index contributed by atoms with van der Waals surface area (Å²) >= 11 is 7.24. The molecule has 0 bridgehead atoms. The first-order valence-electron chi connectivity index (χ1n) is 6.66. The number of para-hydroxylation sites is 1. The van der Waals surface area contributed by atoms with E-state index in [4.69, 9.17) is 16.3 Å². The maximum atomic E-state index is 11.9. The van der Waals surface area contributed by atoms with Gasteiger partial charge in [-0.15, -0.1) is 0 Å². The van der Waals surface area contributed by atoms with Gasteiger partial charge in [0.25, 0.3) is 5.91 Å². The summed E-state index contributed by atoms with van der Waals surface area (Å²) in [4.78, 5) is 16.4. The van der Waals surface area contributed by atoms with Gasteiger partial charge in [-0.3, -0.25) is 10.1 Å². The second-order valence-corrected chi connectivity index (χ2v) is 6.20. The van der Waals surface area contributed by atoms with Crippen LogP contribution < -0.4 is 10.1 Å². The summed E-state index contributed by atoms with van der Waals surface area (Å²) in [5.41, 5.74) is 2.01. The number of halogens is 1. The molecule has 0 fully saturated rings. The van der Waals surface area contributed by atoms with Crippen molar-refractivity contribution >= 4 is 44.2 Å². The molecule has 1 amide bonds. The molecule has 0 aliphatic carbocycles. The van der Waals surface area contributed by atoms with Gasteiger partial charge in [-0.05, 0) is 42.8 Å². The Hall–Kier alpha value is -2.11. The second kappa shape index (κ2) is 6.34. The number of amides is 1. The average molecular weight is 333 g/mol. The van der Waals surface area contributed by atoms with E-state index in [1.165, 1.54) is 11.3 Å². The largest absolute Gasteiger partial charge is 0.484 e. The summed E-state index contributed by atoms with van der Waals surface area (Å²) in [6, 6.07) is 12.8. The monoisotopic (exact) mass is 332 g/mol. The van der Waals surface area contributed by atoms with Crippen molar-refractivity contribution in [3.05, 3.63) is 53.1 Å². The van der Waals surface area contributed by atoms with Crippen molar-refractivity contribution in [3.8, 4) is 5.75 Å². The summed E-state index contributed by atoms with van der Waals surface area (Å²) < 4.78 is 6.45. The van der Waals surface area contributed by atoms with Crippen molar-refractivity contribution in [2.75, 3.05) is 11.9 Å². The number of carbonyl (C=O) groups excluding carboxylic acids is 1. The molecule has 22 heavy (non-hydrogen) atoms. The number of fused-ring (bicyclic) bond motifs is 1. The fourth-order valence-corrected chi connectivity index (χ4v) is 3.06. The van der Waals surface area contributed by atoms with Crippen LogP contribution in [0.25, 0.3) is 10.2 Å².